The molecule has 5 nitrogen and oxygen atoms in total. The number of nitrogens with one attached hydrogen (secondary N) is 1. The van der Waals surface area contributed by atoms with E-state index < -0.39 is 5.97 Å². The molecule has 0 bridgehead atoms. The van der Waals surface area contributed by atoms with Crippen LogP contribution in [0.15, 0.2) is 0 Å². The van der Waals surface area contributed by atoms with E-state index in [4.69, 9.17) is 9.84 Å². The van der Waals surface area contributed by atoms with Crippen LogP contribution in [0.5, 0.6) is 0 Å². The number of rotatable bonds is 6. The van der Waals surface area contributed by atoms with Gasteiger partial charge in [-0.15, -0.1) is 0 Å². The minimum atomic E-state index is -0.860. The second-order valence-corrected chi connectivity index (χ2v) is 4.79. The molecule has 0 heterocycles. The third-order valence-corrected chi connectivity index (χ3v) is 3.16. The predicted molar refractivity (Wildman–Crippen MR) is 62.6 cm³/mol. The number of aliphatic carboxylic acids is 1. The maximum absolute atomic E-state index is 11.7. The number of ether oxygens (including phenoxy) is 1. The molecule has 1 saturated carbocycles. The Morgan fingerprint density at radius 2 is 2.12 bits per heavy atom. The topological polar surface area (TPSA) is 75.6 Å². The fourth-order valence-corrected chi connectivity index (χ4v) is 2.33. The van der Waals surface area contributed by atoms with E-state index in [2.05, 4.69) is 5.32 Å². The molecular weight excluding hydrogens is 222 g/mol. The number of hydrogen-bond donors (Lipinski definition) is 2. The van der Waals surface area contributed by atoms with Crippen molar-refractivity contribution >= 4 is 11.9 Å². The molecule has 3 atom stereocenters. The first-order chi connectivity index (χ1) is 8.02. The van der Waals surface area contributed by atoms with Crippen LogP contribution in [-0.4, -0.2) is 36.2 Å². The summed E-state index contributed by atoms with van der Waals surface area (Å²) in [6.45, 7) is 1.77. The molecule has 0 aromatic carbocycles. The molecule has 0 aromatic rings. The lowest BCUT2D eigenvalue weighted by Gasteiger charge is -2.20. The molecular formula is C12H21NO4. The van der Waals surface area contributed by atoms with Crippen molar-refractivity contribution in [2.45, 2.75) is 51.2 Å². The van der Waals surface area contributed by atoms with E-state index in [1.54, 1.807) is 14.0 Å². The van der Waals surface area contributed by atoms with Gasteiger partial charge in [0.2, 0.25) is 5.91 Å². The van der Waals surface area contributed by atoms with E-state index in [1.807, 2.05) is 0 Å². The Balaban J connectivity index is 2.31. The fourth-order valence-electron chi connectivity index (χ4n) is 2.33. The summed E-state index contributed by atoms with van der Waals surface area (Å²) in [7, 11) is 1.65. The Hall–Kier alpha value is -1.10. The molecule has 1 fully saturated rings. The van der Waals surface area contributed by atoms with Gasteiger partial charge in [-0.2, -0.15) is 0 Å². The van der Waals surface area contributed by atoms with Crippen molar-refractivity contribution in [2.75, 3.05) is 7.11 Å². The largest absolute Gasteiger partial charge is 0.481 e. The molecule has 98 valence electrons. The van der Waals surface area contributed by atoms with Gasteiger partial charge < -0.3 is 15.2 Å². The van der Waals surface area contributed by atoms with E-state index in [0.717, 1.165) is 19.3 Å². The van der Waals surface area contributed by atoms with Gasteiger partial charge >= 0.3 is 5.97 Å². The van der Waals surface area contributed by atoms with Gasteiger partial charge in [0.1, 0.15) is 0 Å². The van der Waals surface area contributed by atoms with Crippen LogP contribution in [0, 0.1) is 5.92 Å². The smallest absolute Gasteiger partial charge is 0.303 e. The molecule has 1 aliphatic carbocycles. The van der Waals surface area contributed by atoms with Crippen molar-refractivity contribution in [3.8, 4) is 0 Å². The van der Waals surface area contributed by atoms with E-state index >= 15 is 0 Å². The highest BCUT2D eigenvalue weighted by Gasteiger charge is 2.28. The first kappa shape index (κ1) is 14.0. The van der Waals surface area contributed by atoms with E-state index in [-0.39, 0.29) is 36.8 Å². The van der Waals surface area contributed by atoms with Gasteiger partial charge in [-0.25, -0.2) is 0 Å². The quantitative estimate of drug-likeness (QED) is 0.734. The molecule has 0 radical (unpaired) electrons. The highest BCUT2D eigenvalue weighted by Crippen LogP contribution is 2.21. The van der Waals surface area contributed by atoms with Crippen molar-refractivity contribution in [3.05, 3.63) is 0 Å². The summed E-state index contributed by atoms with van der Waals surface area (Å²) in [5, 5.41) is 11.5. The number of amides is 1. The molecule has 0 saturated heterocycles. The van der Waals surface area contributed by atoms with Gasteiger partial charge in [-0.05, 0) is 25.2 Å². The van der Waals surface area contributed by atoms with E-state index in [0.29, 0.717) is 0 Å². The van der Waals surface area contributed by atoms with E-state index in [1.165, 1.54) is 0 Å². The maximum atomic E-state index is 11.7. The van der Waals surface area contributed by atoms with Crippen LogP contribution in [0.1, 0.15) is 39.0 Å². The van der Waals surface area contributed by atoms with Crippen LogP contribution in [-0.2, 0) is 14.3 Å². The summed E-state index contributed by atoms with van der Waals surface area (Å²) in [5.74, 6) is -1.07. The number of carboxylic acid groups (broad SMARTS) is 1. The Kier molecular flexibility index (Phi) is 5.41. The van der Waals surface area contributed by atoms with Crippen molar-refractivity contribution in [1.82, 2.24) is 5.32 Å². The summed E-state index contributed by atoms with van der Waals surface area (Å²) < 4.78 is 5.29. The van der Waals surface area contributed by atoms with Crippen LogP contribution in [0.3, 0.4) is 0 Å². The zero-order chi connectivity index (χ0) is 12.8. The average molecular weight is 243 g/mol. The fraction of sp³-hybridized carbons (Fsp3) is 0.833. The molecule has 1 rings (SSSR count). The van der Waals surface area contributed by atoms with Gasteiger partial charge in [-0.3, -0.25) is 9.59 Å². The number of carboxylic acids is 1. The molecule has 1 aliphatic rings. The van der Waals surface area contributed by atoms with Gasteiger partial charge in [0.05, 0.1) is 12.1 Å². The minimum Gasteiger partial charge on any atom is -0.481 e. The zero-order valence-electron chi connectivity index (χ0n) is 10.4. The third kappa shape index (κ3) is 4.73. The molecule has 0 aromatic heterocycles. The Morgan fingerprint density at radius 3 is 2.71 bits per heavy atom. The molecule has 1 amide bonds. The highest BCUT2D eigenvalue weighted by atomic mass is 16.5. The summed E-state index contributed by atoms with van der Waals surface area (Å²) in [6.07, 6.45) is 3.39. The normalized spacial score (nSPS) is 25.5. The van der Waals surface area contributed by atoms with Crippen molar-refractivity contribution in [3.63, 3.8) is 0 Å². The zero-order valence-corrected chi connectivity index (χ0v) is 10.4. The minimum absolute atomic E-state index is 0.0335. The van der Waals surface area contributed by atoms with Crippen molar-refractivity contribution in [1.29, 1.82) is 0 Å². The van der Waals surface area contributed by atoms with Crippen LogP contribution in [0.4, 0.5) is 0 Å². The molecule has 0 aliphatic heterocycles. The Morgan fingerprint density at radius 1 is 1.41 bits per heavy atom. The van der Waals surface area contributed by atoms with Crippen molar-refractivity contribution in [2.24, 2.45) is 5.92 Å². The van der Waals surface area contributed by atoms with Crippen LogP contribution in [0.25, 0.3) is 0 Å². The van der Waals surface area contributed by atoms with Gasteiger partial charge in [0.25, 0.3) is 0 Å². The number of carbonyl (C=O) groups is 2. The first-order valence-corrected chi connectivity index (χ1v) is 6.07. The van der Waals surface area contributed by atoms with Crippen LogP contribution < -0.4 is 5.32 Å². The number of carbonyl (C=O) groups excluding carboxylic acids is 1. The molecule has 0 spiro atoms. The lowest BCUT2D eigenvalue weighted by atomic mass is 10.0. The standard InChI is InChI=1S/C12H21NO4/c1-8(7-12(15)16)6-11(14)13-9-4-3-5-10(9)17-2/h8-10H,3-7H2,1-2H3,(H,13,14)(H,15,16). The van der Waals surface area contributed by atoms with Gasteiger partial charge in [0.15, 0.2) is 0 Å². The van der Waals surface area contributed by atoms with E-state index in [9.17, 15) is 9.59 Å². The summed E-state index contributed by atoms with van der Waals surface area (Å²) in [4.78, 5) is 22.2. The Labute approximate surface area is 102 Å². The van der Waals surface area contributed by atoms with Crippen LogP contribution >= 0.6 is 0 Å². The molecule has 2 N–H and O–H groups in total. The molecule has 17 heavy (non-hydrogen) atoms. The third-order valence-electron chi connectivity index (χ3n) is 3.16. The monoisotopic (exact) mass is 243 g/mol. The predicted octanol–water partition coefficient (Wildman–Crippen LogP) is 1.17. The maximum Gasteiger partial charge on any atom is 0.303 e. The molecule has 3 unspecified atom stereocenters. The second-order valence-electron chi connectivity index (χ2n) is 4.79. The van der Waals surface area contributed by atoms with Gasteiger partial charge in [-0.1, -0.05) is 6.92 Å². The lowest BCUT2D eigenvalue weighted by molar-refractivity contribution is -0.138. The molecule has 5 heteroatoms. The Bertz CT molecular complexity index is 280. The SMILES string of the molecule is COC1CCCC1NC(=O)CC(C)CC(=O)O. The first-order valence-electron chi connectivity index (χ1n) is 6.07. The second kappa shape index (κ2) is 6.59. The summed E-state index contributed by atoms with van der Waals surface area (Å²) >= 11 is 0. The number of methoxy groups -OCH3 is 1. The summed E-state index contributed by atoms with van der Waals surface area (Å²) in [6, 6.07) is 0.0875. The van der Waals surface area contributed by atoms with Crippen LogP contribution in [0.2, 0.25) is 0 Å². The summed E-state index contributed by atoms with van der Waals surface area (Å²) in [5.41, 5.74) is 0. The van der Waals surface area contributed by atoms with Gasteiger partial charge in [0, 0.05) is 20.0 Å². The van der Waals surface area contributed by atoms with Crippen molar-refractivity contribution < 1.29 is 19.4 Å². The number of hydrogen-bond acceptors (Lipinski definition) is 3. The lowest BCUT2D eigenvalue weighted by Crippen LogP contribution is -2.41. The average Bonchev–Trinajstić information content (AvgIpc) is 2.63. The highest BCUT2D eigenvalue weighted by molar-refractivity contribution is 5.77.